The van der Waals surface area contributed by atoms with Crippen LogP contribution >= 0.6 is 0 Å². The third kappa shape index (κ3) is 6.17. The number of nitro groups is 1. The van der Waals surface area contributed by atoms with Gasteiger partial charge in [0.2, 0.25) is 0 Å². The number of nitrogens with zero attached hydrogens (tertiary/aromatic N) is 1. The van der Waals surface area contributed by atoms with Gasteiger partial charge < -0.3 is 9.74 Å². The minimum atomic E-state index is -2.07. The second kappa shape index (κ2) is 10.7. The lowest BCUT2D eigenvalue weighted by Gasteiger charge is -2.33. The van der Waals surface area contributed by atoms with E-state index in [0.29, 0.717) is 17.7 Å². The van der Waals surface area contributed by atoms with Crippen LogP contribution in [0.2, 0.25) is 18.1 Å². The first-order valence-corrected chi connectivity index (χ1v) is 12.8. The maximum absolute atomic E-state index is 13.5. The molecule has 2 rings (SSSR count). The van der Waals surface area contributed by atoms with Gasteiger partial charge >= 0.3 is 0 Å². The zero-order valence-corrected chi connectivity index (χ0v) is 19.0. The number of rotatable bonds is 11. The summed E-state index contributed by atoms with van der Waals surface area (Å²) in [6.45, 7) is 8.72. The van der Waals surface area contributed by atoms with Gasteiger partial charge in [0.05, 0.1) is 16.6 Å². The molecule has 0 bridgehead atoms. The van der Waals surface area contributed by atoms with Gasteiger partial charge in [0.25, 0.3) is 5.69 Å². The molecule has 0 heterocycles. The topological polar surface area (TPSA) is 64.4 Å². The average molecular weight is 437 g/mol. The molecular formula is C22H30F2N2O3Si. The minimum Gasteiger partial charge on any atom is -0.408 e. The summed E-state index contributed by atoms with van der Waals surface area (Å²) in [5.74, 6) is -1.27. The van der Waals surface area contributed by atoms with E-state index in [9.17, 15) is 18.9 Å². The van der Waals surface area contributed by atoms with E-state index in [2.05, 4.69) is 26.1 Å². The highest BCUT2D eigenvalue weighted by Gasteiger charge is 2.34. The molecule has 1 atom stereocenters. The number of hydrogen-bond donors (Lipinski definition) is 1. The molecule has 0 saturated heterocycles. The molecule has 0 aliphatic rings. The fourth-order valence-corrected chi connectivity index (χ4v) is 6.49. The zero-order valence-electron chi connectivity index (χ0n) is 18.0. The maximum Gasteiger partial charge on any atom is 0.275 e. The van der Waals surface area contributed by atoms with Gasteiger partial charge in [-0.05, 0) is 48.8 Å². The third-order valence-electron chi connectivity index (χ3n) is 5.63. The maximum atomic E-state index is 13.5. The van der Waals surface area contributed by atoms with Crippen LogP contribution in [0.1, 0.15) is 43.6 Å². The SMILES string of the molecule is CC[Si](CC)(CC)OC(CNCc1cc(F)cc(F)c1)c1cc(C)ccc1[N+](=O)[O-]. The summed E-state index contributed by atoms with van der Waals surface area (Å²) in [7, 11) is -2.07. The van der Waals surface area contributed by atoms with Crippen molar-refractivity contribution in [1.82, 2.24) is 5.32 Å². The average Bonchev–Trinajstić information content (AvgIpc) is 2.70. The first-order valence-electron chi connectivity index (χ1n) is 10.3. The normalized spacial score (nSPS) is 12.7. The Bertz CT molecular complexity index is 847. The molecule has 5 nitrogen and oxygen atoms in total. The molecule has 2 aromatic rings. The van der Waals surface area contributed by atoms with Crippen molar-refractivity contribution in [3.05, 3.63) is 74.8 Å². The third-order valence-corrected chi connectivity index (χ3v) is 10.3. The molecule has 0 aromatic heterocycles. The van der Waals surface area contributed by atoms with Crippen molar-refractivity contribution in [2.24, 2.45) is 0 Å². The standard InChI is InChI=1S/C22H30F2N2O3Si/c1-5-30(6-2,7-3)29-22(20-10-16(4)8-9-21(20)26(27)28)15-25-14-17-11-18(23)13-19(24)12-17/h8-13,22,25H,5-7,14-15H2,1-4H3. The highest BCUT2D eigenvalue weighted by Crippen LogP contribution is 2.34. The van der Waals surface area contributed by atoms with Crippen molar-refractivity contribution < 1.29 is 18.1 Å². The first-order chi connectivity index (χ1) is 14.2. The summed E-state index contributed by atoms with van der Waals surface area (Å²) in [6, 6.07) is 11.1. The molecular weight excluding hydrogens is 406 g/mol. The van der Waals surface area contributed by atoms with Crippen LogP contribution in [0, 0.1) is 28.7 Å². The van der Waals surface area contributed by atoms with E-state index >= 15 is 0 Å². The monoisotopic (exact) mass is 436 g/mol. The predicted octanol–water partition coefficient (Wildman–Crippen LogP) is 6.03. The molecule has 164 valence electrons. The quantitative estimate of drug-likeness (QED) is 0.265. The van der Waals surface area contributed by atoms with Gasteiger partial charge in [0, 0.05) is 25.2 Å². The van der Waals surface area contributed by atoms with Crippen LogP contribution in [0.15, 0.2) is 36.4 Å². The minimum absolute atomic E-state index is 0.0235. The lowest BCUT2D eigenvalue weighted by atomic mass is 10.0. The second-order valence-corrected chi connectivity index (χ2v) is 12.3. The van der Waals surface area contributed by atoms with Gasteiger partial charge in [-0.3, -0.25) is 10.1 Å². The highest BCUT2D eigenvalue weighted by atomic mass is 28.4. The molecule has 0 aliphatic carbocycles. The Morgan fingerprint density at radius 1 is 1.07 bits per heavy atom. The lowest BCUT2D eigenvalue weighted by molar-refractivity contribution is -0.386. The number of nitrogens with one attached hydrogen (secondary N) is 1. The number of nitro benzene ring substituents is 1. The predicted molar refractivity (Wildman–Crippen MR) is 117 cm³/mol. The van der Waals surface area contributed by atoms with Crippen LogP contribution in [0.5, 0.6) is 0 Å². The molecule has 2 aromatic carbocycles. The summed E-state index contributed by atoms with van der Waals surface area (Å²) >= 11 is 0. The van der Waals surface area contributed by atoms with E-state index in [4.69, 9.17) is 4.43 Å². The second-order valence-electron chi connectivity index (χ2n) is 7.58. The van der Waals surface area contributed by atoms with Crippen molar-refractivity contribution >= 4 is 14.0 Å². The molecule has 30 heavy (non-hydrogen) atoms. The van der Waals surface area contributed by atoms with Gasteiger partial charge in [-0.1, -0.05) is 32.4 Å². The van der Waals surface area contributed by atoms with Crippen LogP contribution in [0.3, 0.4) is 0 Å². The van der Waals surface area contributed by atoms with Crippen LogP contribution < -0.4 is 5.32 Å². The fourth-order valence-electron chi connectivity index (χ4n) is 3.68. The Morgan fingerprint density at radius 2 is 1.67 bits per heavy atom. The van der Waals surface area contributed by atoms with Crippen LogP contribution in [-0.4, -0.2) is 19.8 Å². The van der Waals surface area contributed by atoms with Gasteiger partial charge in [0.15, 0.2) is 8.32 Å². The summed E-state index contributed by atoms with van der Waals surface area (Å²) in [5.41, 5.74) is 1.93. The Kier molecular flexibility index (Phi) is 8.63. The summed E-state index contributed by atoms with van der Waals surface area (Å²) in [5, 5.41) is 14.8. The van der Waals surface area contributed by atoms with E-state index in [1.807, 2.05) is 6.92 Å². The summed E-state index contributed by atoms with van der Waals surface area (Å²) < 4.78 is 33.6. The molecule has 0 spiro atoms. The van der Waals surface area contributed by atoms with E-state index in [0.717, 1.165) is 29.8 Å². The molecule has 8 heteroatoms. The number of aryl methyl sites for hydroxylation is 1. The largest absolute Gasteiger partial charge is 0.408 e. The van der Waals surface area contributed by atoms with Crippen LogP contribution in [0.25, 0.3) is 0 Å². The Labute approximate surface area is 177 Å². The molecule has 0 fully saturated rings. The van der Waals surface area contributed by atoms with Crippen molar-refractivity contribution in [1.29, 1.82) is 0 Å². The molecule has 1 unspecified atom stereocenters. The van der Waals surface area contributed by atoms with Crippen LogP contribution in [0.4, 0.5) is 14.5 Å². The number of hydrogen-bond acceptors (Lipinski definition) is 4. The fraction of sp³-hybridized carbons (Fsp3) is 0.455. The van der Waals surface area contributed by atoms with E-state index in [1.54, 1.807) is 12.1 Å². The van der Waals surface area contributed by atoms with Crippen molar-refractivity contribution in [2.75, 3.05) is 6.54 Å². The van der Waals surface area contributed by atoms with E-state index in [-0.39, 0.29) is 17.2 Å². The Balaban J connectivity index is 2.32. The molecule has 0 radical (unpaired) electrons. The summed E-state index contributed by atoms with van der Waals surface area (Å²) in [6.07, 6.45) is -0.518. The summed E-state index contributed by atoms with van der Waals surface area (Å²) in [4.78, 5) is 11.3. The van der Waals surface area contributed by atoms with Gasteiger partial charge in [0.1, 0.15) is 11.6 Å². The Hall–Kier alpha value is -2.16. The smallest absolute Gasteiger partial charge is 0.275 e. The number of benzene rings is 2. The highest BCUT2D eigenvalue weighted by molar-refractivity contribution is 6.73. The van der Waals surface area contributed by atoms with E-state index < -0.39 is 26.1 Å². The Morgan fingerprint density at radius 3 is 2.20 bits per heavy atom. The van der Waals surface area contributed by atoms with E-state index in [1.165, 1.54) is 18.2 Å². The molecule has 0 aliphatic heterocycles. The lowest BCUT2D eigenvalue weighted by Crippen LogP contribution is -2.40. The zero-order chi connectivity index (χ0) is 22.3. The van der Waals surface area contributed by atoms with Gasteiger partial charge in [-0.2, -0.15) is 0 Å². The van der Waals surface area contributed by atoms with Crippen LogP contribution in [-0.2, 0) is 11.0 Å². The van der Waals surface area contributed by atoms with Crippen molar-refractivity contribution in [2.45, 2.75) is 58.5 Å². The van der Waals surface area contributed by atoms with Gasteiger partial charge in [-0.15, -0.1) is 0 Å². The molecule has 0 saturated carbocycles. The first kappa shape index (κ1) is 24.1. The number of halogens is 2. The van der Waals surface area contributed by atoms with Crippen molar-refractivity contribution in [3.63, 3.8) is 0 Å². The molecule has 1 N–H and O–H groups in total. The molecule has 0 amide bonds. The van der Waals surface area contributed by atoms with Crippen molar-refractivity contribution in [3.8, 4) is 0 Å². The van der Waals surface area contributed by atoms with Gasteiger partial charge in [-0.25, -0.2) is 8.78 Å².